The van der Waals surface area contributed by atoms with Crippen molar-refractivity contribution in [2.45, 2.75) is 0 Å². The van der Waals surface area contributed by atoms with Gasteiger partial charge in [-0.15, -0.1) is 11.6 Å². The Morgan fingerprint density at radius 3 is 2.20 bits per heavy atom. The van der Waals surface area contributed by atoms with Crippen molar-refractivity contribution in [3.63, 3.8) is 0 Å². The summed E-state index contributed by atoms with van der Waals surface area (Å²) in [5.74, 6) is 0. The van der Waals surface area contributed by atoms with Gasteiger partial charge in [-0.1, -0.05) is 0 Å². The third-order valence-electron chi connectivity index (χ3n) is 0.358. The first-order chi connectivity index (χ1) is 2.43. The molecule has 1 aliphatic rings. The Labute approximate surface area is 36.4 Å². The van der Waals surface area contributed by atoms with Crippen LogP contribution < -0.4 is 0 Å². The molecule has 1 aliphatic heterocycles. The molecule has 0 amide bonds. The van der Waals surface area contributed by atoms with E-state index in [1.54, 1.807) is 0 Å². The summed E-state index contributed by atoms with van der Waals surface area (Å²) >= 11 is 5.21. The van der Waals surface area contributed by atoms with E-state index in [1.165, 1.54) is 0 Å². The van der Waals surface area contributed by atoms with Crippen LogP contribution in [0.1, 0.15) is 0 Å². The van der Waals surface area contributed by atoms with Crippen LogP contribution in [0.3, 0.4) is 0 Å². The first-order valence-corrected chi connectivity index (χ1v) is 3.61. The molecule has 0 N–H and O–H groups in total. The van der Waals surface area contributed by atoms with Crippen molar-refractivity contribution in [2.24, 2.45) is 0 Å². The van der Waals surface area contributed by atoms with Gasteiger partial charge in [-0.3, -0.25) is 9.15 Å². The van der Waals surface area contributed by atoms with Gasteiger partial charge in [0.25, 0.3) is 0 Å². The Kier molecular flexibility index (Phi) is 0.909. The second kappa shape index (κ2) is 1.26. The van der Waals surface area contributed by atoms with Gasteiger partial charge >= 0.3 is 9.28 Å². The van der Waals surface area contributed by atoms with Gasteiger partial charge in [0.2, 0.25) is 0 Å². The molecule has 0 unspecified atom stereocenters. The van der Waals surface area contributed by atoms with Gasteiger partial charge in [0.15, 0.2) is 0 Å². The van der Waals surface area contributed by atoms with Crippen LogP contribution in [0.25, 0.3) is 0 Å². The Morgan fingerprint density at radius 2 is 2.20 bits per heavy atom. The number of hydrogen-bond donors (Lipinski definition) is 0. The molecule has 4 heteroatoms. The minimum atomic E-state index is -1.13. The molecule has 0 spiro atoms. The van der Waals surface area contributed by atoms with Crippen molar-refractivity contribution in [3.05, 3.63) is 0 Å². The Balaban J connectivity index is 2.00. The zero-order valence-electron chi connectivity index (χ0n) is 2.48. The van der Waals surface area contributed by atoms with E-state index in [0.717, 1.165) is 0 Å². The second-order valence-corrected chi connectivity index (χ2v) is 3.25. The van der Waals surface area contributed by atoms with E-state index in [1.807, 2.05) is 0 Å². The van der Waals surface area contributed by atoms with Crippen LogP contribution in [0.15, 0.2) is 0 Å². The molecular weight excluding hydrogens is 108 g/mol. The topological polar surface area (TPSA) is 25.1 Å². The number of alkyl halides is 1. The normalized spacial score (nSPS) is 23.4. The summed E-state index contributed by atoms with van der Waals surface area (Å²) < 4.78 is 8.73. The predicted octanol–water partition coefficient (Wildman–Crippen LogP) is -0.0533. The smallest absolute Gasteiger partial charge is 0.260 e. The molecule has 1 fully saturated rings. The highest BCUT2D eigenvalue weighted by atomic mass is 35.5. The van der Waals surface area contributed by atoms with Crippen LogP contribution >= 0.6 is 11.6 Å². The lowest BCUT2D eigenvalue weighted by atomic mass is 11.9. The molecule has 1 rings (SSSR count). The molecule has 0 bridgehead atoms. The highest BCUT2D eigenvalue weighted by Gasteiger charge is 2.27. The average molecular weight is 111 g/mol. The van der Waals surface area contributed by atoms with Crippen molar-refractivity contribution in [3.8, 4) is 0 Å². The van der Waals surface area contributed by atoms with Gasteiger partial charge in [-0.25, -0.2) is 0 Å². The molecular formula is CH3ClO2Si. The maximum Gasteiger partial charge on any atom is 0.407 e. The van der Waals surface area contributed by atoms with Gasteiger partial charge in [-0.2, -0.15) is 0 Å². The molecule has 5 heavy (non-hydrogen) atoms. The summed E-state index contributed by atoms with van der Waals surface area (Å²) in [5, 5.41) is 0. The van der Waals surface area contributed by atoms with Crippen LogP contribution in [0.5, 0.6) is 0 Å². The third kappa shape index (κ3) is 0.885. The molecule has 1 heterocycles. The fraction of sp³-hybridized carbons (Fsp3) is 1.00. The maximum atomic E-state index is 5.21. The van der Waals surface area contributed by atoms with E-state index in [2.05, 4.69) is 9.15 Å². The minimum absolute atomic E-state index is 0.583. The third-order valence-corrected chi connectivity index (χ3v) is 1.83. The van der Waals surface area contributed by atoms with Gasteiger partial charge in [0.1, 0.15) is 0 Å². The first-order valence-electron chi connectivity index (χ1n) is 1.31. The number of rotatable bonds is 1. The average Bonchev–Trinajstić information content (AvgIpc) is 2.12. The SMILES string of the molecule is ClC[SiH]1OO1. The molecule has 0 radical (unpaired) electrons. The fourth-order valence-electron chi connectivity index (χ4n) is 0.0907. The second-order valence-electron chi connectivity index (χ2n) is 0.776. The summed E-state index contributed by atoms with van der Waals surface area (Å²) in [4.78, 5) is 0. The molecule has 2 nitrogen and oxygen atoms in total. The molecule has 0 aromatic rings. The molecule has 0 saturated carbocycles. The summed E-state index contributed by atoms with van der Waals surface area (Å²) in [5.41, 5.74) is 0.583. The van der Waals surface area contributed by atoms with E-state index in [4.69, 9.17) is 11.6 Å². The standard InChI is InChI=1S/CH3ClO2Si/c2-1-5-3-4-5/h5H,1H2. The van der Waals surface area contributed by atoms with E-state index >= 15 is 0 Å². The van der Waals surface area contributed by atoms with Crippen molar-refractivity contribution in [1.29, 1.82) is 0 Å². The lowest BCUT2D eigenvalue weighted by molar-refractivity contribution is 0.0850. The van der Waals surface area contributed by atoms with Gasteiger partial charge in [0, 0.05) is 0 Å². The Bertz CT molecular complexity index is 36.6. The number of halogens is 1. The highest BCUT2D eigenvalue weighted by molar-refractivity contribution is 6.60. The molecule has 0 aliphatic carbocycles. The van der Waals surface area contributed by atoms with E-state index < -0.39 is 9.28 Å². The van der Waals surface area contributed by atoms with Gasteiger partial charge in [-0.05, 0) is 0 Å². The van der Waals surface area contributed by atoms with Crippen LogP contribution in [0.2, 0.25) is 0 Å². The van der Waals surface area contributed by atoms with E-state index in [0.29, 0.717) is 5.50 Å². The van der Waals surface area contributed by atoms with Crippen molar-refractivity contribution in [1.82, 2.24) is 0 Å². The zero-order valence-corrected chi connectivity index (χ0v) is 4.39. The molecule has 0 atom stereocenters. The lowest BCUT2D eigenvalue weighted by Crippen LogP contribution is -1.87. The molecule has 0 aromatic heterocycles. The van der Waals surface area contributed by atoms with E-state index in [9.17, 15) is 0 Å². The summed E-state index contributed by atoms with van der Waals surface area (Å²) in [6.07, 6.45) is 0. The minimum Gasteiger partial charge on any atom is -0.260 e. The first kappa shape index (κ1) is 3.61. The predicted molar refractivity (Wildman–Crippen MR) is 20.0 cm³/mol. The van der Waals surface area contributed by atoms with Crippen LogP contribution in [0.4, 0.5) is 0 Å². The highest BCUT2D eigenvalue weighted by Crippen LogP contribution is 2.06. The zero-order chi connectivity index (χ0) is 3.70. The Morgan fingerprint density at radius 1 is 1.60 bits per heavy atom. The largest absolute Gasteiger partial charge is 0.407 e. The van der Waals surface area contributed by atoms with Gasteiger partial charge < -0.3 is 0 Å². The Hall–Kier alpha value is 0.427. The maximum absolute atomic E-state index is 5.21. The quantitative estimate of drug-likeness (QED) is 0.205. The molecule has 30 valence electrons. The van der Waals surface area contributed by atoms with Crippen LogP contribution in [0, 0.1) is 0 Å². The fourth-order valence-corrected chi connectivity index (χ4v) is 0.816. The van der Waals surface area contributed by atoms with Crippen molar-refractivity contribution >= 4 is 20.9 Å². The molecule has 0 aromatic carbocycles. The van der Waals surface area contributed by atoms with Crippen molar-refractivity contribution in [2.75, 3.05) is 5.50 Å². The van der Waals surface area contributed by atoms with Gasteiger partial charge in [0.05, 0.1) is 5.50 Å². The summed E-state index contributed by atoms with van der Waals surface area (Å²) in [6.45, 7) is 0. The van der Waals surface area contributed by atoms with Crippen LogP contribution in [-0.2, 0) is 9.15 Å². The lowest BCUT2D eigenvalue weighted by Gasteiger charge is -1.55. The number of hydrogen-bond acceptors (Lipinski definition) is 2. The molecule has 1 saturated heterocycles. The monoisotopic (exact) mass is 110 g/mol. The van der Waals surface area contributed by atoms with Crippen molar-refractivity contribution < 1.29 is 9.15 Å². The van der Waals surface area contributed by atoms with Crippen LogP contribution in [-0.4, -0.2) is 14.8 Å². The van der Waals surface area contributed by atoms with E-state index in [-0.39, 0.29) is 0 Å². The summed E-state index contributed by atoms with van der Waals surface area (Å²) in [7, 11) is -1.13. The summed E-state index contributed by atoms with van der Waals surface area (Å²) in [6, 6.07) is 0.